The average Bonchev–Trinajstić information content (AvgIpc) is 2.61. The summed E-state index contributed by atoms with van der Waals surface area (Å²) in [4.78, 5) is 27.9. The number of hydrogen-bond donors (Lipinski definition) is 2. The molecule has 6 heteroatoms. The normalized spacial score (nSPS) is 17.3. The summed E-state index contributed by atoms with van der Waals surface area (Å²) in [5, 5.41) is 9.84. The van der Waals surface area contributed by atoms with Gasteiger partial charge in [-0.1, -0.05) is 17.7 Å². The minimum Gasteiger partial charge on any atom is -0.507 e. The van der Waals surface area contributed by atoms with E-state index in [1.807, 2.05) is 31.2 Å². The second-order valence-electron chi connectivity index (χ2n) is 6.48. The van der Waals surface area contributed by atoms with Crippen LogP contribution in [-0.4, -0.2) is 40.6 Å². The van der Waals surface area contributed by atoms with E-state index in [0.717, 1.165) is 24.7 Å². The number of aryl methyl sites for hydroxylation is 1. The summed E-state index contributed by atoms with van der Waals surface area (Å²) in [6, 6.07) is 8.92. The Morgan fingerprint density at radius 3 is 2.84 bits per heavy atom. The maximum atomic E-state index is 12.6. The molecule has 6 nitrogen and oxygen atoms in total. The number of pyridine rings is 1. The van der Waals surface area contributed by atoms with Crippen LogP contribution in [0.25, 0.3) is 0 Å². The average molecular weight is 342 g/mol. The summed E-state index contributed by atoms with van der Waals surface area (Å²) in [5.41, 5.74) is 0.874. The van der Waals surface area contributed by atoms with Crippen molar-refractivity contribution >= 4 is 5.91 Å². The number of likely N-dealkylation sites (tertiary alicyclic amines) is 1. The lowest BCUT2D eigenvalue weighted by atomic mass is 9.98. The third-order valence-electron chi connectivity index (χ3n) is 4.45. The van der Waals surface area contributed by atoms with Crippen molar-refractivity contribution in [3.05, 3.63) is 58.0 Å². The Balaban J connectivity index is 1.61. The summed E-state index contributed by atoms with van der Waals surface area (Å²) in [6.45, 7) is 3.78. The number of aromatic nitrogens is 1. The van der Waals surface area contributed by atoms with Gasteiger partial charge in [0.1, 0.15) is 11.5 Å². The Hall–Kier alpha value is -2.76. The van der Waals surface area contributed by atoms with Gasteiger partial charge in [0.15, 0.2) is 0 Å². The molecular formula is C19H22N2O4. The fourth-order valence-corrected chi connectivity index (χ4v) is 3.04. The highest BCUT2D eigenvalue weighted by Gasteiger charge is 2.26. The van der Waals surface area contributed by atoms with Crippen LogP contribution in [-0.2, 0) is 0 Å². The molecule has 0 radical (unpaired) electrons. The van der Waals surface area contributed by atoms with Crippen LogP contribution in [0.4, 0.5) is 0 Å². The summed E-state index contributed by atoms with van der Waals surface area (Å²) >= 11 is 0. The van der Waals surface area contributed by atoms with E-state index in [1.54, 1.807) is 4.90 Å². The summed E-state index contributed by atoms with van der Waals surface area (Å²) in [7, 11) is 0. The van der Waals surface area contributed by atoms with E-state index in [1.165, 1.54) is 11.8 Å². The van der Waals surface area contributed by atoms with E-state index in [4.69, 9.17) is 4.74 Å². The Morgan fingerprint density at radius 1 is 1.36 bits per heavy atom. The summed E-state index contributed by atoms with van der Waals surface area (Å²) < 4.78 is 5.84. The number of H-pyrrole nitrogens is 1. The number of rotatable bonds is 4. The minimum absolute atomic E-state index is 0.125. The van der Waals surface area contributed by atoms with Gasteiger partial charge < -0.3 is 19.7 Å². The molecule has 0 saturated carbocycles. The number of nitrogens with zero attached hydrogens (tertiary/aromatic N) is 1. The first-order valence-corrected chi connectivity index (χ1v) is 8.43. The lowest BCUT2D eigenvalue weighted by Gasteiger charge is -2.32. The van der Waals surface area contributed by atoms with Crippen LogP contribution in [0.5, 0.6) is 11.5 Å². The molecule has 1 aliphatic rings. The van der Waals surface area contributed by atoms with Crippen molar-refractivity contribution in [3.63, 3.8) is 0 Å². The smallest absolute Gasteiger partial charge is 0.259 e. The molecule has 25 heavy (non-hydrogen) atoms. The number of ether oxygens (including phenoxy) is 1. The largest absolute Gasteiger partial charge is 0.507 e. The Kier molecular flexibility index (Phi) is 5.07. The number of aromatic hydroxyl groups is 1. The standard InChI is InChI=1S/C19H22N2O4/c1-13-4-6-15(7-5-13)25-12-14-3-2-8-21(11-14)19(24)16-10-20-18(23)9-17(16)22/h4-7,9-10,14H,2-3,8,11-12H2,1H3,(H2,20,22,23)/t14-/m1/s1. The number of hydrogen-bond acceptors (Lipinski definition) is 4. The first kappa shape index (κ1) is 17.1. The van der Waals surface area contributed by atoms with Crippen molar-refractivity contribution < 1.29 is 14.6 Å². The Morgan fingerprint density at radius 2 is 2.12 bits per heavy atom. The Labute approximate surface area is 146 Å². The Bertz CT molecular complexity index is 798. The number of piperidine rings is 1. The van der Waals surface area contributed by atoms with E-state index in [2.05, 4.69) is 4.98 Å². The van der Waals surface area contributed by atoms with Crippen LogP contribution in [0.1, 0.15) is 28.8 Å². The molecule has 1 atom stereocenters. The van der Waals surface area contributed by atoms with Crippen molar-refractivity contribution in [1.29, 1.82) is 0 Å². The first-order valence-electron chi connectivity index (χ1n) is 8.43. The lowest BCUT2D eigenvalue weighted by Crippen LogP contribution is -2.41. The molecular weight excluding hydrogens is 320 g/mol. The molecule has 1 aliphatic heterocycles. The fraction of sp³-hybridized carbons (Fsp3) is 0.368. The third kappa shape index (κ3) is 4.21. The lowest BCUT2D eigenvalue weighted by molar-refractivity contribution is 0.0630. The van der Waals surface area contributed by atoms with Crippen LogP contribution < -0.4 is 10.3 Å². The molecule has 1 amide bonds. The third-order valence-corrected chi connectivity index (χ3v) is 4.45. The highest BCUT2D eigenvalue weighted by Crippen LogP contribution is 2.22. The second-order valence-corrected chi connectivity index (χ2v) is 6.48. The molecule has 1 aromatic heterocycles. The molecule has 2 aromatic rings. The molecule has 1 saturated heterocycles. The van der Waals surface area contributed by atoms with Gasteiger partial charge in [-0.15, -0.1) is 0 Å². The zero-order valence-electron chi connectivity index (χ0n) is 14.2. The number of carbonyl (C=O) groups is 1. The van der Waals surface area contributed by atoms with Gasteiger partial charge in [0, 0.05) is 31.3 Å². The molecule has 3 rings (SSSR count). The van der Waals surface area contributed by atoms with Crippen LogP contribution in [0, 0.1) is 12.8 Å². The summed E-state index contributed by atoms with van der Waals surface area (Å²) in [5.74, 6) is 0.511. The van der Waals surface area contributed by atoms with Gasteiger partial charge in [0.05, 0.1) is 12.2 Å². The molecule has 0 unspecified atom stereocenters. The van der Waals surface area contributed by atoms with Gasteiger partial charge in [0.25, 0.3) is 11.5 Å². The molecule has 0 bridgehead atoms. The maximum Gasteiger partial charge on any atom is 0.259 e. The van der Waals surface area contributed by atoms with E-state index < -0.39 is 5.56 Å². The number of amides is 1. The van der Waals surface area contributed by atoms with E-state index >= 15 is 0 Å². The van der Waals surface area contributed by atoms with Crippen LogP contribution in [0.3, 0.4) is 0 Å². The molecule has 0 aliphatic carbocycles. The van der Waals surface area contributed by atoms with Crippen molar-refractivity contribution in [2.45, 2.75) is 19.8 Å². The van der Waals surface area contributed by atoms with Gasteiger partial charge >= 0.3 is 0 Å². The monoisotopic (exact) mass is 342 g/mol. The summed E-state index contributed by atoms with van der Waals surface area (Å²) in [6.07, 6.45) is 3.15. The highest BCUT2D eigenvalue weighted by molar-refractivity contribution is 5.96. The van der Waals surface area contributed by atoms with E-state index in [9.17, 15) is 14.7 Å². The van der Waals surface area contributed by atoms with Crippen molar-refractivity contribution in [2.75, 3.05) is 19.7 Å². The molecule has 0 spiro atoms. The molecule has 1 fully saturated rings. The predicted octanol–water partition coefficient (Wildman–Crippen LogP) is 2.32. The number of carbonyl (C=O) groups excluding carboxylic acids is 1. The highest BCUT2D eigenvalue weighted by atomic mass is 16.5. The first-order chi connectivity index (χ1) is 12.0. The number of aromatic amines is 1. The number of benzene rings is 1. The van der Waals surface area contributed by atoms with Crippen LogP contribution in [0.15, 0.2) is 41.3 Å². The maximum absolute atomic E-state index is 12.6. The predicted molar refractivity (Wildman–Crippen MR) is 94.0 cm³/mol. The van der Waals surface area contributed by atoms with Gasteiger partial charge in [-0.3, -0.25) is 9.59 Å². The quantitative estimate of drug-likeness (QED) is 0.893. The van der Waals surface area contributed by atoms with Gasteiger partial charge in [-0.2, -0.15) is 0 Å². The zero-order valence-corrected chi connectivity index (χ0v) is 14.2. The van der Waals surface area contributed by atoms with Crippen LogP contribution in [0.2, 0.25) is 0 Å². The number of nitrogens with one attached hydrogen (secondary N) is 1. The molecule has 1 aromatic carbocycles. The second kappa shape index (κ2) is 7.42. The van der Waals surface area contributed by atoms with Gasteiger partial charge in [0.2, 0.25) is 0 Å². The molecule has 132 valence electrons. The van der Waals surface area contributed by atoms with Crippen molar-refractivity contribution in [3.8, 4) is 11.5 Å². The van der Waals surface area contributed by atoms with Gasteiger partial charge in [-0.25, -0.2) is 0 Å². The van der Waals surface area contributed by atoms with E-state index in [0.29, 0.717) is 19.7 Å². The van der Waals surface area contributed by atoms with E-state index in [-0.39, 0.29) is 23.1 Å². The molecule has 2 heterocycles. The minimum atomic E-state index is -0.433. The van der Waals surface area contributed by atoms with Gasteiger partial charge in [-0.05, 0) is 31.9 Å². The van der Waals surface area contributed by atoms with Crippen LogP contribution >= 0.6 is 0 Å². The van der Waals surface area contributed by atoms with Crippen molar-refractivity contribution in [2.24, 2.45) is 5.92 Å². The topological polar surface area (TPSA) is 82.6 Å². The SMILES string of the molecule is Cc1ccc(OC[C@@H]2CCCN(C(=O)c3c[nH]c(=O)cc3O)C2)cc1. The molecule has 2 N–H and O–H groups in total. The fourth-order valence-electron chi connectivity index (χ4n) is 3.04. The van der Waals surface area contributed by atoms with Crippen molar-refractivity contribution in [1.82, 2.24) is 9.88 Å². The zero-order chi connectivity index (χ0) is 17.8.